The molecule has 0 aromatic heterocycles. The highest BCUT2D eigenvalue weighted by Crippen LogP contribution is 2.25. The van der Waals surface area contributed by atoms with Gasteiger partial charge < -0.3 is 0 Å². The zero-order valence-corrected chi connectivity index (χ0v) is 6.32. The van der Waals surface area contributed by atoms with E-state index in [0.29, 0.717) is 0 Å². The molecule has 0 aromatic rings. The van der Waals surface area contributed by atoms with Crippen molar-refractivity contribution in [3.8, 4) is 0 Å². The molecule has 2 nitrogen and oxygen atoms in total. The van der Waals surface area contributed by atoms with Gasteiger partial charge >= 0.3 is 0 Å². The van der Waals surface area contributed by atoms with E-state index in [0.717, 1.165) is 0 Å². The van der Waals surface area contributed by atoms with Gasteiger partial charge in [0.1, 0.15) is 12.3 Å². The average Bonchev–Trinajstić information content (AvgIpc) is 1.81. The smallest absolute Gasteiger partial charge is 0.231 e. The normalized spacial score (nSPS) is 43.7. The van der Waals surface area contributed by atoms with Crippen LogP contribution in [0.3, 0.4) is 0 Å². The van der Waals surface area contributed by atoms with E-state index in [1.54, 1.807) is 0 Å². The van der Waals surface area contributed by atoms with Crippen molar-refractivity contribution >= 4 is 9.84 Å². The van der Waals surface area contributed by atoms with Crippen LogP contribution in [0.25, 0.3) is 0 Å². The van der Waals surface area contributed by atoms with Crippen molar-refractivity contribution in [2.45, 2.75) is 24.3 Å². The quantitative estimate of drug-likeness (QED) is 0.563. The van der Waals surface area contributed by atoms with Crippen LogP contribution in [-0.2, 0) is 9.84 Å². The minimum absolute atomic E-state index is 0.652. The standard InChI is InChI=1S/C5H7F3O2S/c6-3-1-4(7)5(8)11(9,10)2-3/h3-5H,1-2H2. The summed E-state index contributed by atoms with van der Waals surface area (Å²) in [5.74, 6) is -0.894. The van der Waals surface area contributed by atoms with Crippen LogP contribution in [0.5, 0.6) is 0 Å². The lowest BCUT2D eigenvalue weighted by atomic mass is 10.2. The summed E-state index contributed by atoms with van der Waals surface area (Å²) in [6.07, 6.45) is -4.62. The summed E-state index contributed by atoms with van der Waals surface area (Å²) >= 11 is 0. The zero-order valence-electron chi connectivity index (χ0n) is 5.50. The fourth-order valence-electron chi connectivity index (χ4n) is 0.988. The predicted molar refractivity (Wildman–Crippen MR) is 33.1 cm³/mol. The summed E-state index contributed by atoms with van der Waals surface area (Å²) in [6, 6.07) is 0. The van der Waals surface area contributed by atoms with Crippen LogP contribution >= 0.6 is 0 Å². The van der Waals surface area contributed by atoms with Crippen molar-refractivity contribution in [1.82, 2.24) is 0 Å². The van der Waals surface area contributed by atoms with E-state index >= 15 is 0 Å². The van der Waals surface area contributed by atoms with E-state index in [9.17, 15) is 21.6 Å². The van der Waals surface area contributed by atoms with Crippen LogP contribution < -0.4 is 0 Å². The van der Waals surface area contributed by atoms with E-state index in [1.165, 1.54) is 0 Å². The molecule has 0 radical (unpaired) electrons. The molecule has 3 unspecified atom stereocenters. The molecule has 1 saturated heterocycles. The third kappa shape index (κ3) is 1.66. The Bertz CT molecular complexity index is 238. The molecular formula is C5H7F3O2S. The Labute approximate surface area is 62.3 Å². The van der Waals surface area contributed by atoms with Crippen molar-refractivity contribution in [3.63, 3.8) is 0 Å². The SMILES string of the molecule is O=S1(=O)CC(F)CC(F)C1F. The van der Waals surface area contributed by atoms with Gasteiger partial charge in [0.2, 0.25) is 5.50 Å². The lowest BCUT2D eigenvalue weighted by Crippen LogP contribution is -2.40. The van der Waals surface area contributed by atoms with Gasteiger partial charge in [-0.1, -0.05) is 0 Å². The van der Waals surface area contributed by atoms with E-state index in [-0.39, 0.29) is 0 Å². The summed E-state index contributed by atoms with van der Waals surface area (Å²) in [7, 11) is -4.18. The number of alkyl halides is 3. The molecule has 1 aliphatic heterocycles. The molecule has 0 aromatic carbocycles. The third-order valence-electron chi connectivity index (χ3n) is 1.52. The van der Waals surface area contributed by atoms with Crippen LogP contribution in [0, 0.1) is 0 Å². The number of rotatable bonds is 0. The van der Waals surface area contributed by atoms with E-state index in [1.807, 2.05) is 0 Å². The van der Waals surface area contributed by atoms with Gasteiger partial charge in [0.25, 0.3) is 0 Å². The van der Waals surface area contributed by atoms with Gasteiger partial charge in [0.05, 0.1) is 5.75 Å². The Kier molecular flexibility index (Phi) is 2.13. The Morgan fingerprint density at radius 2 is 1.73 bits per heavy atom. The highest BCUT2D eigenvalue weighted by molar-refractivity contribution is 7.92. The van der Waals surface area contributed by atoms with E-state index in [4.69, 9.17) is 0 Å². The van der Waals surface area contributed by atoms with Crippen LogP contribution in [0.15, 0.2) is 0 Å². The molecule has 0 saturated carbocycles. The van der Waals surface area contributed by atoms with Gasteiger partial charge in [-0.15, -0.1) is 0 Å². The number of hydrogen-bond donors (Lipinski definition) is 0. The second-order valence-electron chi connectivity index (χ2n) is 2.53. The van der Waals surface area contributed by atoms with Crippen LogP contribution in [0.1, 0.15) is 6.42 Å². The molecule has 0 bridgehead atoms. The molecule has 0 amide bonds. The topological polar surface area (TPSA) is 34.1 Å². The fourth-order valence-corrected chi connectivity index (χ4v) is 2.37. The second-order valence-corrected chi connectivity index (χ2v) is 4.64. The van der Waals surface area contributed by atoms with Crippen molar-refractivity contribution in [2.24, 2.45) is 0 Å². The molecular weight excluding hydrogens is 181 g/mol. The summed E-state index contributed by atoms with van der Waals surface area (Å²) in [4.78, 5) is 0. The van der Waals surface area contributed by atoms with Crippen LogP contribution in [0.2, 0.25) is 0 Å². The number of sulfone groups is 1. The molecule has 1 heterocycles. The Hall–Kier alpha value is -0.260. The van der Waals surface area contributed by atoms with Gasteiger partial charge in [0, 0.05) is 6.42 Å². The van der Waals surface area contributed by atoms with Gasteiger partial charge in [0.15, 0.2) is 9.84 Å². The number of hydrogen-bond acceptors (Lipinski definition) is 2. The first-order valence-corrected chi connectivity index (χ1v) is 4.79. The molecule has 66 valence electrons. The first kappa shape index (κ1) is 8.83. The fraction of sp³-hybridized carbons (Fsp3) is 1.00. The van der Waals surface area contributed by atoms with Gasteiger partial charge in [-0.25, -0.2) is 21.6 Å². The van der Waals surface area contributed by atoms with Gasteiger partial charge in [-0.2, -0.15) is 0 Å². The maximum atomic E-state index is 12.4. The monoisotopic (exact) mass is 188 g/mol. The second kappa shape index (κ2) is 2.66. The molecule has 3 atom stereocenters. The summed E-state index contributed by atoms with van der Waals surface area (Å²) in [5, 5.41) is 0. The van der Waals surface area contributed by atoms with Crippen molar-refractivity contribution in [3.05, 3.63) is 0 Å². The Balaban J connectivity index is 2.84. The van der Waals surface area contributed by atoms with Gasteiger partial charge in [-0.05, 0) is 0 Å². The summed E-state index contributed by atoms with van der Waals surface area (Å²) < 4.78 is 58.1. The van der Waals surface area contributed by atoms with Crippen molar-refractivity contribution < 1.29 is 21.6 Å². The third-order valence-corrected chi connectivity index (χ3v) is 3.33. The van der Waals surface area contributed by atoms with Crippen LogP contribution in [-0.4, -0.2) is 32.0 Å². The maximum absolute atomic E-state index is 12.4. The average molecular weight is 188 g/mol. The Morgan fingerprint density at radius 1 is 1.18 bits per heavy atom. The minimum Gasteiger partial charge on any atom is -0.246 e. The molecule has 1 rings (SSSR count). The molecule has 0 spiro atoms. The van der Waals surface area contributed by atoms with E-state index in [2.05, 4.69) is 0 Å². The predicted octanol–water partition coefficient (Wildman–Crippen LogP) is 0.777. The van der Waals surface area contributed by atoms with E-state index < -0.39 is 39.9 Å². The Morgan fingerprint density at radius 3 is 2.18 bits per heavy atom. The molecule has 6 heteroatoms. The molecule has 0 aliphatic carbocycles. The van der Waals surface area contributed by atoms with Crippen molar-refractivity contribution in [1.29, 1.82) is 0 Å². The maximum Gasteiger partial charge on any atom is 0.231 e. The zero-order chi connectivity index (χ0) is 8.65. The van der Waals surface area contributed by atoms with Crippen LogP contribution in [0.4, 0.5) is 13.2 Å². The first-order chi connectivity index (χ1) is 4.93. The molecule has 1 fully saturated rings. The largest absolute Gasteiger partial charge is 0.246 e. The minimum atomic E-state index is -4.18. The number of halogens is 3. The highest BCUT2D eigenvalue weighted by atomic mass is 32.2. The lowest BCUT2D eigenvalue weighted by molar-refractivity contribution is 0.159. The molecule has 0 N–H and O–H groups in total. The summed E-state index contributed by atoms with van der Waals surface area (Å²) in [6.45, 7) is 0. The molecule has 11 heavy (non-hydrogen) atoms. The highest BCUT2D eigenvalue weighted by Gasteiger charge is 2.42. The summed E-state index contributed by atoms with van der Waals surface area (Å²) in [5.41, 5.74) is -2.53. The molecule has 1 aliphatic rings. The van der Waals surface area contributed by atoms with Gasteiger partial charge in [-0.3, -0.25) is 0 Å². The lowest BCUT2D eigenvalue weighted by Gasteiger charge is -2.22. The van der Waals surface area contributed by atoms with Crippen molar-refractivity contribution in [2.75, 3.05) is 5.75 Å². The first-order valence-electron chi connectivity index (χ1n) is 3.07.